The molecule has 15 rings (SSSR count). The molecular formula is C87H77Br4N23O14. The van der Waals surface area contributed by atoms with Gasteiger partial charge < -0.3 is 58.9 Å². The molecule has 9 heterocycles. The first-order valence-electron chi connectivity index (χ1n) is 38.0. The minimum Gasteiger partial charge on any atom is -0.476 e. The molecule has 0 radical (unpaired) electrons. The predicted octanol–water partition coefficient (Wildman–Crippen LogP) is 19.4. The van der Waals surface area contributed by atoms with Crippen LogP contribution in [0.5, 0.6) is 0 Å². The number of anilines is 5. The second kappa shape index (κ2) is 41.3. The Labute approximate surface area is 764 Å². The number of nitrogens with zero attached hydrogens (tertiary/aromatic N) is 20. The van der Waals surface area contributed by atoms with Crippen molar-refractivity contribution in [3.8, 4) is 127 Å². The smallest absolute Gasteiger partial charge is 0.425 e. The van der Waals surface area contributed by atoms with E-state index in [4.69, 9.17) is 70.3 Å². The van der Waals surface area contributed by atoms with Crippen LogP contribution in [0.3, 0.4) is 0 Å². The Hall–Kier alpha value is -14.9. The van der Waals surface area contributed by atoms with Crippen molar-refractivity contribution in [2.24, 2.45) is 0 Å². The number of rotatable bonds is 13. The summed E-state index contributed by atoms with van der Waals surface area (Å²) in [5, 5.41) is 41.0. The van der Waals surface area contributed by atoms with Crippen LogP contribution in [-0.2, 0) is 18.9 Å². The second-order valence-electron chi connectivity index (χ2n) is 30.3. The van der Waals surface area contributed by atoms with E-state index in [1.807, 2.05) is 158 Å². The second-order valence-corrected chi connectivity index (χ2v) is 33.6. The Balaban J connectivity index is 0.000000162. The summed E-state index contributed by atoms with van der Waals surface area (Å²) < 4.78 is 47.0. The van der Waals surface area contributed by atoms with Crippen molar-refractivity contribution in [1.82, 2.24) is 90.6 Å². The number of carboxylic acids is 1. The molecule has 0 aliphatic rings. The highest BCUT2D eigenvalue weighted by Crippen LogP contribution is 2.38. The van der Waals surface area contributed by atoms with Crippen molar-refractivity contribution in [3.63, 3.8) is 0 Å². The fourth-order valence-electron chi connectivity index (χ4n) is 10.5. The van der Waals surface area contributed by atoms with Crippen molar-refractivity contribution in [2.75, 3.05) is 27.0 Å². The molecule has 37 nitrogen and oxygen atoms in total. The zero-order valence-electron chi connectivity index (χ0n) is 70.1. The van der Waals surface area contributed by atoms with Gasteiger partial charge in [-0.25, -0.2) is 73.8 Å². The van der Waals surface area contributed by atoms with Crippen molar-refractivity contribution in [3.05, 3.63) is 230 Å². The molecule has 4 amide bonds. The monoisotopic (exact) mass is 1980 g/mol. The highest BCUT2D eigenvalue weighted by Gasteiger charge is 2.40. The number of halogens is 4. The van der Waals surface area contributed by atoms with Gasteiger partial charge in [0.25, 0.3) is 23.6 Å². The van der Waals surface area contributed by atoms with Gasteiger partial charge in [-0.2, -0.15) is 9.80 Å². The summed E-state index contributed by atoms with van der Waals surface area (Å²) in [5.41, 5.74) is 20.1. The molecule has 0 fully saturated rings. The maximum Gasteiger partial charge on any atom is 0.425 e. The standard InChI is InChI=1S/C28H28BrN5O5.C22H24BrN5O5.C20H13N5O.C12H8BrN5O.C5H4BrN3O2/c1-27(2,3)38-25(35)34(26(36)39-28(4,5)6)22-21(24-33-32-23(37-24)17-12-8-7-9-13-17)31-20(16-30-22)18-14-10-11-15-19(18)29;1-21(2,3)32-19(29)28(20(30)33-22(4,5)6)16-15(25-14(23)12-24-16)18-27-26-17(31-18)13-10-8-7-9-11-13;1-2-13-8-6-7-11-15(13)16-12-22-18(21)17(23-16)20-25-24-19(26-20)14-9-4-3-5-10-14;13-8-6-15-10(14)9(16-8)12-18-17-11(19-12)7-4-2-1-3-5-7;6-2-1-8-4(7)3(9-2)5(10)11/h7-16H,1-6H3;7-12H,1-6H3;1,3-12H,(H2,21,22);1-6H,(H2,14,15);1H,(H2,7,8)(H,10,11). The minimum absolute atomic E-state index is 0.00391. The van der Waals surface area contributed by atoms with Crippen molar-refractivity contribution in [1.29, 1.82) is 0 Å². The number of aromatic nitrogens is 18. The summed E-state index contributed by atoms with van der Waals surface area (Å²) in [6.45, 7) is 20.2. The quantitative estimate of drug-likeness (QED) is 0.0615. The molecule has 7 N–H and O–H groups in total. The van der Waals surface area contributed by atoms with Crippen molar-refractivity contribution < 1.29 is 65.7 Å². The lowest BCUT2D eigenvalue weighted by Gasteiger charge is -2.28. The SMILES string of the molecule is C#Cc1ccccc1-c1cnc(N)c(-c2nnc(-c3ccccc3)o2)n1.CC(C)(C)OC(=O)N(C(=O)OC(C)(C)C)c1ncc(-c2ccccc2Br)nc1-c1nnc(-c2ccccc2)o1.CC(C)(C)OC(=O)N(C(=O)OC(C)(C)C)c1ncc(Br)nc1-c1nnc(-c2ccccc2)o1.Nc1ncc(Br)nc1-c1nnc(-c2ccccc2)o1.Nc1ncc(Br)nc1C(=O)O. The van der Waals surface area contributed by atoms with Gasteiger partial charge in [-0.1, -0.05) is 131 Å². The fraction of sp³-hybridized carbons (Fsp3) is 0.184. The van der Waals surface area contributed by atoms with Gasteiger partial charge >= 0.3 is 30.3 Å². The molecule has 0 aliphatic carbocycles. The molecule has 0 spiro atoms. The number of benzene rings is 6. The maximum atomic E-state index is 13.4. The van der Waals surface area contributed by atoms with Gasteiger partial charge in [-0.15, -0.1) is 47.2 Å². The third-order valence-corrected chi connectivity index (χ3v) is 17.7. The van der Waals surface area contributed by atoms with Crippen LogP contribution in [0.4, 0.5) is 48.3 Å². The molecule has 6 aromatic carbocycles. The number of hydrogen-bond donors (Lipinski definition) is 4. The van der Waals surface area contributed by atoms with E-state index in [2.05, 4.69) is 155 Å². The molecule has 128 heavy (non-hydrogen) atoms. The highest BCUT2D eigenvalue weighted by atomic mass is 79.9. The topological polar surface area (TPSA) is 512 Å². The first-order valence-corrected chi connectivity index (χ1v) is 41.2. The number of ether oxygens (including phenoxy) is 4. The van der Waals surface area contributed by atoms with Gasteiger partial charge in [-0.3, -0.25) is 0 Å². The van der Waals surface area contributed by atoms with Crippen LogP contribution in [0.1, 0.15) is 99.1 Å². The number of nitrogen functional groups attached to an aromatic ring is 3. The van der Waals surface area contributed by atoms with E-state index in [0.29, 0.717) is 74.9 Å². The van der Waals surface area contributed by atoms with Crippen LogP contribution >= 0.6 is 63.7 Å². The summed E-state index contributed by atoms with van der Waals surface area (Å²) in [6.07, 6.45) is 8.78. The van der Waals surface area contributed by atoms with Crippen LogP contribution in [0.2, 0.25) is 0 Å². The molecule has 0 saturated carbocycles. The Morgan fingerprint density at radius 2 is 0.633 bits per heavy atom. The first-order chi connectivity index (χ1) is 60.8. The molecule has 9 aromatic heterocycles. The average molecular weight is 1990 g/mol. The number of carbonyl (C=O) groups excluding carboxylic acids is 4. The number of imide groups is 2. The Bertz CT molecular complexity index is 6440. The van der Waals surface area contributed by atoms with Crippen molar-refractivity contribution in [2.45, 2.75) is 105 Å². The summed E-state index contributed by atoms with van der Waals surface area (Å²) in [4.78, 5) is 106. The lowest BCUT2D eigenvalue weighted by molar-refractivity contribution is 0.0406. The number of amides is 4. The van der Waals surface area contributed by atoms with Gasteiger partial charge in [0, 0.05) is 43.4 Å². The van der Waals surface area contributed by atoms with E-state index in [-0.39, 0.29) is 81.5 Å². The lowest BCUT2D eigenvalue weighted by atomic mass is 10.1. The van der Waals surface area contributed by atoms with E-state index in [1.165, 1.54) is 24.8 Å². The molecule has 0 atom stereocenters. The molecule has 0 saturated heterocycles. The van der Waals surface area contributed by atoms with E-state index in [9.17, 15) is 24.0 Å². The van der Waals surface area contributed by atoms with Gasteiger partial charge in [0.2, 0.25) is 23.6 Å². The fourth-order valence-corrected chi connectivity index (χ4v) is 11.9. The molecule has 0 unspecified atom stereocenters. The Morgan fingerprint density at radius 1 is 0.352 bits per heavy atom. The third kappa shape index (κ3) is 25.4. The first kappa shape index (κ1) is 93.8. The summed E-state index contributed by atoms with van der Waals surface area (Å²) in [6, 6.07) is 52.1. The van der Waals surface area contributed by atoms with Crippen LogP contribution in [0.25, 0.3) is 115 Å². The van der Waals surface area contributed by atoms with E-state index < -0.39 is 52.7 Å². The molecule has 15 aromatic rings. The predicted molar refractivity (Wildman–Crippen MR) is 485 cm³/mol. The van der Waals surface area contributed by atoms with E-state index in [0.717, 1.165) is 26.7 Å². The van der Waals surface area contributed by atoms with Crippen LogP contribution in [0, 0.1) is 12.3 Å². The van der Waals surface area contributed by atoms with Gasteiger partial charge in [0.1, 0.15) is 36.2 Å². The number of hydrogen-bond acceptors (Lipinski definition) is 34. The average Bonchev–Trinajstić information content (AvgIpc) is 1.54. The molecule has 0 bridgehead atoms. The summed E-state index contributed by atoms with van der Waals surface area (Å²) in [5.74, 6) is 3.07. The van der Waals surface area contributed by atoms with Gasteiger partial charge in [0.05, 0.1) is 42.4 Å². The number of carbonyl (C=O) groups is 5. The van der Waals surface area contributed by atoms with Gasteiger partial charge in [0.15, 0.2) is 57.6 Å². The number of aromatic carboxylic acids is 1. The number of nitrogens with two attached hydrogens (primary N) is 3. The Morgan fingerprint density at radius 3 is 1.01 bits per heavy atom. The number of carboxylic acid groups (broad SMARTS) is 1. The van der Waals surface area contributed by atoms with Gasteiger partial charge in [-0.05, 0) is 192 Å². The summed E-state index contributed by atoms with van der Waals surface area (Å²) >= 11 is 13.0. The zero-order valence-corrected chi connectivity index (χ0v) is 76.4. The minimum atomic E-state index is -1.18. The van der Waals surface area contributed by atoms with Crippen molar-refractivity contribution >= 4 is 123 Å². The van der Waals surface area contributed by atoms with Crippen LogP contribution in [0.15, 0.2) is 237 Å². The van der Waals surface area contributed by atoms with Crippen LogP contribution in [-0.4, -0.2) is 148 Å². The molecule has 41 heteroatoms. The number of terminal acetylenes is 1. The Kier molecular flexibility index (Phi) is 30.2. The maximum absolute atomic E-state index is 13.4. The summed E-state index contributed by atoms with van der Waals surface area (Å²) in [7, 11) is 0. The van der Waals surface area contributed by atoms with E-state index in [1.54, 1.807) is 101 Å². The zero-order chi connectivity index (χ0) is 92.4. The molecular weight excluding hydrogens is 1910 g/mol. The normalized spacial score (nSPS) is 11.1. The highest BCUT2D eigenvalue weighted by molar-refractivity contribution is 9.11. The largest absolute Gasteiger partial charge is 0.476 e. The van der Waals surface area contributed by atoms with E-state index >= 15 is 0 Å². The molecule has 0 aliphatic heterocycles. The van der Waals surface area contributed by atoms with Crippen LogP contribution < -0.4 is 27.0 Å². The lowest BCUT2D eigenvalue weighted by Crippen LogP contribution is -2.44. The third-order valence-electron chi connectivity index (χ3n) is 15.9. The molecule has 652 valence electrons.